The van der Waals surface area contributed by atoms with Gasteiger partial charge in [0, 0.05) is 5.56 Å². The van der Waals surface area contributed by atoms with E-state index in [1.807, 2.05) is 0 Å². The predicted molar refractivity (Wildman–Crippen MR) is 45.4 cm³/mol. The van der Waals surface area contributed by atoms with E-state index in [0.717, 1.165) is 0 Å². The highest BCUT2D eigenvalue weighted by atomic mass is 16.6. The molecule has 0 amide bonds. The maximum absolute atomic E-state index is 10.7. The van der Waals surface area contributed by atoms with Crippen molar-refractivity contribution >= 4 is 16.8 Å². The summed E-state index contributed by atoms with van der Waals surface area (Å²) in [4.78, 5) is 14.0. The maximum Gasteiger partial charge on any atom is 0.301 e. The van der Waals surface area contributed by atoms with Crippen LogP contribution in [0.1, 0.15) is 5.56 Å². The number of rotatable bonds is 1. The Morgan fingerprint density at radius 2 is 2.31 bits per heavy atom. The molecule has 0 aliphatic heterocycles. The van der Waals surface area contributed by atoms with Crippen molar-refractivity contribution in [1.29, 1.82) is 0 Å². The van der Waals surface area contributed by atoms with E-state index in [0.29, 0.717) is 16.7 Å². The number of oxazole rings is 1. The molecule has 1 heterocycles. The van der Waals surface area contributed by atoms with Gasteiger partial charge in [-0.2, -0.15) is 0 Å². The van der Waals surface area contributed by atoms with Crippen LogP contribution in [0.15, 0.2) is 22.9 Å². The van der Waals surface area contributed by atoms with Crippen LogP contribution in [0.4, 0.5) is 5.69 Å². The van der Waals surface area contributed by atoms with Gasteiger partial charge in [-0.25, -0.2) is 4.98 Å². The first-order chi connectivity index (χ1) is 6.20. The Labute approximate surface area is 73.1 Å². The Hall–Kier alpha value is -1.91. The normalized spacial score (nSPS) is 10.5. The molecule has 0 aliphatic rings. The minimum Gasteiger partial charge on any atom is -0.443 e. The second-order valence-corrected chi connectivity index (χ2v) is 2.69. The molecule has 5 nitrogen and oxygen atoms in total. The van der Waals surface area contributed by atoms with E-state index in [-0.39, 0.29) is 5.69 Å². The molecule has 0 N–H and O–H groups in total. The molecule has 0 saturated carbocycles. The van der Waals surface area contributed by atoms with Crippen LogP contribution in [0, 0.1) is 17.0 Å². The standard InChI is InChI=1S/C8H6N2O3/c1-5-2-3-6-7(9-4-13-6)8(5)10(11)12/h2-4H,1H3. The number of nitro benzene ring substituents is 1. The minimum absolute atomic E-state index is 0.0197. The SMILES string of the molecule is Cc1ccc2ocnc2c1[N+](=O)[O-]. The van der Waals surface area contributed by atoms with Gasteiger partial charge in [0.25, 0.3) is 0 Å². The molecule has 0 aliphatic carbocycles. The van der Waals surface area contributed by atoms with Crippen LogP contribution < -0.4 is 0 Å². The second kappa shape index (κ2) is 2.55. The number of aromatic nitrogens is 1. The minimum atomic E-state index is -0.444. The van der Waals surface area contributed by atoms with Crippen molar-refractivity contribution in [1.82, 2.24) is 4.98 Å². The number of nitro groups is 1. The van der Waals surface area contributed by atoms with Crippen molar-refractivity contribution in [3.05, 3.63) is 34.2 Å². The molecule has 0 unspecified atom stereocenters. The van der Waals surface area contributed by atoms with Crippen molar-refractivity contribution in [3.8, 4) is 0 Å². The molecule has 5 heteroatoms. The number of hydrogen-bond donors (Lipinski definition) is 0. The van der Waals surface area contributed by atoms with Gasteiger partial charge in [-0.15, -0.1) is 0 Å². The molecular weight excluding hydrogens is 172 g/mol. The van der Waals surface area contributed by atoms with E-state index in [1.165, 1.54) is 6.39 Å². The third-order valence-corrected chi connectivity index (χ3v) is 1.86. The summed E-state index contributed by atoms with van der Waals surface area (Å²) < 4.78 is 4.95. The summed E-state index contributed by atoms with van der Waals surface area (Å²) in [7, 11) is 0. The smallest absolute Gasteiger partial charge is 0.301 e. The summed E-state index contributed by atoms with van der Waals surface area (Å²) in [6.07, 6.45) is 1.21. The molecule has 2 rings (SSSR count). The number of aryl methyl sites for hydroxylation is 1. The fraction of sp³-hybridized carbons (Fsp3) is 0.125. The van der Waals surface area contributed by atoms with Gasteiger partial charge in [0.05, 0.1) is 4.92 Å². The van der Waals surface area contributed by atoms with E-state index in [4.69, 9.17) is 4.42 Å². The van der Waals surface area contributed by atoms with Crippen molar-refractivity contribution in [2.75, 3.05) is 0 Å². The molecule has 13 heavy (non-hydrogen) atoms. The summed E-state index contributed by atoms with van der Waals surface area (Å²) in [5, 5.41) is 10.7. The number of benzene rings is 1. The third kappa shape index (κ3) is 1.05. The van der Waals surface area contributed by atoms with E-state index in [9.17, 15) is 10.1 Å². The van der Waals surface area contributed by atoms with Gasteiger partial charge in [-0.3, -0.25) is 10.1 Å². The summed E-state index contributed by atoms with van der Waals surface area (Å²) in [5.41, 5.74) is 1.36. The average molecular weight is 178 g/mol. The largest absolute Gasteiger partial charge is 0.443 e. The molecule has 0 bridgehead atoms. The van der Waals surface area contributed by atoms with Gasteiger partial charge in [-0.1, -0.05) is 0 Å². The van der Waals surface area contributed by atoms with Crippen LogP contribution in [0.3, 0.4) is 0 Å². The monoisotopic (exact) mass is 178 g/mol. The van der Waals surface area contributed by atoms with Crippen molar-refractivity contribution in [2.24, 2.45) is 0 Å². The van der Waals surface area contributed by atoms with Crippen LogP contribution in [-0.4, -0.2) is 9.91 Å². The highest BCUT2D eigenvalue weighted by Crippen LogP contribution is 2.27. The Bertz CT molecular complexity index is 475. The molecule has 0 saturated heterocycles. The summed E-state index contributed by atoms with van der Waals surface area (Å²) >= 11 is 0. The van der Waals surface area contributed by atoms with Gasteiger partial charge in [0.1, 0.15) is 0 Å². The van der Waals surface area contributed by atoms with E-state index in [1.54, 1.807) is 19.1 Å². The fourth-order valence-corrected chi connectivity index (χ4v) is 1.25. The first kappa shape index (κ1) is 7.72. The lowest BCUT2D eigenvalue weighted by Gasteiger charge is -1.95. The maximum atomic E-state index is 10.7. The third-order valence-electron chi connectivity index (χ3n) is 1.86. The Kier molecular flexibility index (Phi) is 1.51. The number of fused-ring (bicyclic) bond motifs is 1. The first-order valence-electron chi connectivity index (χ1n) is 3.67. The van der Waals surface area contributed by atoms with Gasteiger partial charge in [0.2, 0.25) is 0 Å². The lowest BCUT2D eigenvalue weighted by Crippen LogP contribution is -1.92. The number of nitrogens with zero attached hydrogens (tertiary/aromatic N) is 2. The second-order valence-electron chi connectivity index (χ2n) is 2.69. The molecule has 0 fully saturated rings. The topological polar surface area (TPSA) is 69.2 Å². The van der Waals surface area contributed by atoms with Crippen LogP contribution in [0.25, 0.3) is 11.1 Å². The van der Waals surface area contributed by atoms with Gasteiger partial charge in [0.15, 0.2) is 17.5 Å². The lowest BCUT2D eigenvalue weighted by atomic mass is 10.2. The Morgan fingerprint density at radius 3 is 3.00 bits per heavy atom. The summed E-state index contributed by atoms with van der Waals surface area (Å²) in [6, 6.07) is 3.32. The molecule has 66 valence electrons. The van der Waals surface area contributed by atoms with Crippen LogP contribution >= 0.6 is 0 Å². The first-order valence-corrected chi connectivity index (χ1v) is 3.67. The van der Waals surface area contributed by atoms with Gasteiger partial charge in [-0.05, 0) is 19.1 Å². The molecule has 0 spiro atoms. The zero-order valence-electron chi connectivity index (χ0n) is 6.85. The molecule has 0 radical (unpaired) electrons. The molecule has 0 atom stereocenters. The highest BCUT2D eigenvalue weighted by molar-refractivity contribution is 5.84. The summed E-state index contributed by atoms with van der Waals surface area (Å²) in [5.74, 6) is 0. The van der Waals surface area contributed by atoms with Crippen LogP contribution in [-0.2, 0) is 0 Å². The quantitative estimate of drug-likeness (QED) is 0.495. The van der Waals surface area contributed by atoms with E-state index >= 15 is 0 Å². The fourth-order valence-electron chi connectivity index (χ4n) is 1.25. The van der Waals surface area contributed by atoms with Gasteiger partial charge < -0.3 is 4.42 Å². The molecule has 1 aromatic heterocycles. The molecule has 1 aromatic carbocycles. The molecule has 2 aromatic rings. The van der Waals surface area contributed by atoms with Gasteiger partial charge >= 0.3 is 5.69 Å². The Balaban J connectivity index is 2.88. The summed E-state index contributed by atoms with van der Waals surface area (Å²) in [6.45, 7) is 1.67. The lowest BCUT2D eigenvalue weighted by molar-refractivity contribution is -0.383. The molecular formula is C8H6N2O3. The average Bonchev–Trinajstić information content (AvgIpc) is 2.50. The van der Waals surface area contributed by atoms with Crippen molar-refractivity contribution < 1.29 is 9.34 Å². The zero-order valence-corrected chi connectivity index (χ0v) is 6.85. The highest BCUT2D eigenvalue weighted by Gasteiger charge is 2.18. The van der Waals surface area contributed by atoms with Crippen LogP contribution in [0.2, 0.25) is 0 Å². The van der Waals surface area contributed by atoms with Crippen LogP contribution in [0.5, 0.6) is 0 Å². The number of hydrogen-bond acceptors (Lipinski definition) is 4. The predicted octanol–water partition coefficient (Wildman–Crippen LogP) is 2.04. The zero-order chi connectivity index (χ0) is 9.42. The van der Waals surface area contributed by atoms with Crippen molar-refractivity contribution in [3.63, 3.8) is 0 Å². The Morgan fingerprint density at radius 1 is 1.54 bits per heavy atom. The van der Waals surface area contributed by atoms with Crippen molar-refractivity contribution in [2.45, 2.75) is 6.92 Å². The van der Waals surface area contributed by atoms with E-state index in [2.05, 4.69) is 4.98 Å². The van der Waals surface area contributed by atoms with E-state index < -0.39 is 4.92 Å².